The highest BCUT2D eigenvalue weighted by molar-refractivity contribution is 5.87. The number of fused-ring (bicyclic) bond motifs is 4. The molecule has 1 unspecified atom stereocenters. The molecule has 0 bridgehead atoms. The van der Waals surface area contributed by atoms with E-state index in [1.165, 1.54) is 57.9 Å². The van der Waals surface area contributed by atoms with Gasteiger partial charge < -0.3 is 4.98 Å². The number of pyridine rings is 1. The van der Waals surface area contributed by atoms with Crippen molar-refractivity contribution in [2.45, 2.75) is 25.2 Å². The van der Waals surface area contributed by atoms with Crippen molar-refractivity contribution < 1.29 is 0 Å². The van der Waals surface area contributed by atoms with Gasteiger partial charge in [-0.15, -0.1) is 0 Å². The average molecular weight is 298 g/mol. The first-order valence-corrected chi connectivity index (χ1v) is 8.35. The molecule has 2 nitrogen and oxygen atoms in total. The van der Waals surface area contributed by atoms with Crippen LogP contribution < -0.4 is 0 Å². The minimum atomic E-state index is 0.372. The Morgan fingerprint density at radius 2 is 1.74 bits per heavy atom. The second-order valence-electron chi connectivity index (χ2n) is 6.42. The lowest BCUT2D eigenvalue weighted by molar-refractivity contribution is 0.600. The fourth-order valence-corrected chi connectivity index (χ4v) is 4.11. The van der Waals surface area contributed by atoms with Gasteiger partial charge in [-0.3, -0.25) is 4.98 Å². The third kappa shape index (κ3) is 1.91. The Hall–Kier alpha value is -2.61. The second kappa shape index (κ2) is 4.95. The molecule has 5 rings (SSSR count). The van der Waals surface area contributed by atoms with Gasteiger partial charge in [-0.25, -0.2) is 0 Å². The van der Waals surface area contributed by atoms with Crippen LogP contribution in [0.3, 0.4) is 0 Å². The molecule has 2 aromatic carbocycles. The van der Waals surface area contributed by atoms with Crippen LogP contribution in [0.1, 0.15) is 35.7 Å². The molecule has 0 saturated carbocycles. The van der Waals surface area contributed by atoms with Gasteiger partial charge in [0.2, 0.25) is 0 Å². The molecule has 0 aliphatic heterocycles. The van der Waals surface area contributed by atoms with E-state index in [0.717, 1.165) is 0 Å². The van der Waals surface area contributed by atoms with Crippen LogP contribution in [0.15, 0.2) is 60.8 Å². The Bertz CT molecular complexity index is 1010. The van der Waals surface area contributed by atoms with Crippen LogP contribution >= 0.6 is 0 Å². The standard InChI is InChI=1S/C21H18N2/c1-2-7-15-14(6-1)12-13-22-20(15)18-10-5-9-17-16-8-3-4-11-19(16)23-21(17)18/h1-4,6-8,11-13,18,23H,5,9-10H2. The van der Waals surface area contributed by atoms with Crippen molar-refractivity contribution in [3.8, 4) is 0 Å². The van der Waals surface area contributed by atoms with Gasteiger partial charge in [-0.2, -0.15) is 0 Å². The number of benzene rings is 2. The first kappa shape index (κ1) is 12.9. The number of nitrogens with one attached hydrogen (secondary N) is 1. The van der Waals surface area contributed by atoms with E-state index in [-0.39, 0.29) is 0 Å². The fourth-order valence-electron chi connectivity index (χ4n) is 4.11. The van der Waals surface area contributed by atoms with Crippen molar-refractivity contribution in [2.75, 3.05) is 0 Å². The van der Waals surface area contributed by atoms with Crippen molar-refractivity contribution in [1.82, 2.24) is 9.97 Å². The number of rotatable bonds is 1. The number of nitrogens with zero attached hydrogens (tertiary/aromatic N) is 1. The number of H-pyrrole nitrogens is 1. The summed E-state index contributed by atoms with van der Waals surface area (Å²) in [4.78, 5) is 8.47. The molecular weight excluding hydrogens is 280 g/mol. The van der Waals surface area contributed by atoms with Crippen LogP contribution in [0.5, 0.6) is 0 Å². The van der Waals surface area contributed by atoms with E-state index in [9.17, 15) is 0 Å². The summed E-state index contributed by atoms with van der Waals surface area (Å²) in [6, 6.07) is 19.4. The van der Waals surface area contributed by atoms with E-state index >= 15 is 0 Å². The molecular formula is C21H18N2. The van der Waals surface area contributed by atoms with Crippen LogP contribution in [0.2, 0.25) is 0 Å². The summed E-state index contributed by atoms with van der Waals surface area (Å²) in [5.74, 6) is 0.372. The number of hydrogen-bond acceptors (Lipinski definition) is 1. The van der Waals surface area contributed by atoms with E-state index in [2.05, 4.69) is 59.6 Å². The van der Waals surface area contributed by atoms with Crippen LogP contribution in [0.4, 0.5) is 0 Å². The Balaban J connectivity index is 1.76. The van der Waals surface area contributed by atoms with Crippen molar-refractivity contribution in [2.24, 2.45) is 0 Å². The van der Waals surface area contributed by atoms with Crippen LogP contribution in [0.25, 0.3) is 21.7 Å². The van der Waals surface area contributed by atoms with E-state index in [4.69, 9.17) is 4.98 Å². The maximum absolute atomic E-state index is 4.78. The molecule has 0 radical (unpaired) electrons. The summed E-state index contributed by atoms with van der Waals surface area (Å²) in [5.41, 5.74) is 5.34. The molecule has 1 N–H and O–H groups in total. The smallest absolute Gasteiger partial charge is 0.0571 e. The van der Waals surface area contributed by atoms with Gasteiger partial charge in [0.15, 0.2) is 0 Å². The minimum Gasteiger partial charge on any atom is -0.358 e. The molecule has 2 heterocycles. The molecule has 1 aliphatic carbocycles. The fraction of sp³-hybridized carbons (Fsp3) is 0.190. The topological polar surface area (TPSA) is 28.7 Å². The zero-order valence-corrected chi connectivity index (χ0v) is 12.9. The molecule has 1 aliphatic rings. The number of para-hydroxylation sites is 1. The Morgan fingerprint density at radius 3 is 2.70 bits per heavy atom. The maximum atomic E-state index is 4.78. The average Bonchev–Trinajstić information content (AvgIpc) is 3.00. The van der Waals surface area contributed by atoms with E-state index in [0.29, 0.717) is 5.92 Å². The highest BCUT2D eigenvalue weighted by atomic mass is 14.8. The van der Waals surface area contributed by atoms with Crippen LogP contribution in [-0.2, 0) is 6.42 Å². The number of hydrogen-bond donors (Lipinski definition) is 1. The third-order valence-electron chi connectivity index (χ3n) is 5.15. The molecule has 0 fully saturated rings. The van der Waals surface area contributed by atoms with Gasteiger partial charge >= 0.3 is 0 Å². The lowest BCUT2D eigenvalue weighted by Gasteiger charge is -2.23. The predicted molar refractivity (Wildman–Crippen MR) is 94.8 cm³/mol. The molecule has 0 spiro atoms. The summed E-state index contributed by atoms with van der Waals surface area (Å²) in [5, 5.41) is 3.94. The van der Waals surface area contributed by atoms with Gasteiger partial charge in [-0.05, 0) is 42.3 Å². The third-order valence-corrected chi connectivity index (χ3v) is 5.15. The molecule has 112 valence electrons. The van der Waals surface area contributed by atoms with Gasteiger partial charge in [0.1, 0.15) is 0 Å². The zero-order chi connectivity index (χ0) is 15.2. The number of aromatic amines is 1. The lowest BCUT2D eigenvalue weighted by Crippen LogP contribution is -2.12. The molecule has 2 aromatic heterocycles. The normalized spacial score (nSPS) is 17.5. The van der Waals surface area contributed by atoms with Gasteiger partial charge in [0.05, 0.1) is 5.69 Å². The molecule has 0 saturated heterocycles. The highest BCUT2D eigenvalue weighted by Crippen LogP contribution is 2.40. The van der Waals surface area contributed by atoms with E-state index < -0.39 is 0 Å². The lowest BCUT2D eigenvalue weighted by atomic mass is 9.83. The number of aromatic nitrogens is 2. The maximum Gasteiger partial charge on any atom is 0.0571 e. The summed E-state index contributed by atoms with van der Waals surface area (Å²) in [6.45, 7) is 0. The molecule has 23 heavy (non-hydrogen) atoms. The second-order valence-corrected chi connectivity index (χ2v) is 6.42. The van der Waals surface area contributed by atoms with E-state index in [1.807, 2.05) is 6.20 Å². The van der Waals surface area contributed by atoms with Gasteiger partial charge in [0, 0.05) is 34.1 Å². The predicted octanol–water partition coefficient (Wildman–Crippen LogP) is 5.18. The van der Waals surface area contributed by atoms with Crippen molar-refractivity contribution >= 4 is 21.7 Å². The zero-order valence-electron chi connectivity index (χ0n) is 12.9. The van der Waals surface area contributed by atoms with Gasteiger partial charge in [0.25, 0.3) is 0 Å². The first-order chi connectivity index (χ1) is 11.4. The minimum absolute atomic E-state index is 0.372. The monoisotopic (exact) mass is 298 g/mol. The Labute approximate surface area is 135 Å². The first-order valence-electron chi connectivity index (χ1n) is 8.35. The molecule has 4 aromatic rings. The van der Waals surface area contributed by atoms with Crippen molar-refractivity contribution in [1.29, 1.82) is 0 Å². The summed E-state index contributed by atoms with van der Waals surface area (Å²) in [6.07, 6.45) is 5.51. The molecule has 0 amide bonds. The summed E-state index contributed by atoms with van der Waals surface area (Å²) < 4.78 is 0. The SMILES string of the molecule is c1ccc2c(C3CCCc4c3[nH]c3ccccc43)nccc2c1. The van der Waals surface area contributed by atoms with E-state index in [1.54, 1.807) is 0 Å². The van der Waals surface area contributed by atoms with Crippen LogP contribution in [0, 0.1) is 0 Å². The number of aryl methyl sites for hydroxylation is 1. The van der Waals surface area contributed by atoms with Gasteiger partial charge in [-0.1, -0.05) is 42.5 Å². The Morgan fingerprint density at radius 1 is 0.913 bits per heavy atom. The summed E-state index contributed by atoms with van der Waals surface area (Å²) >= 11 is 0. The van der Waals surface area contributed by atoms with Crippen LogP contribution in [-0.4, -0.2) is 9.97 Å². The van der Waals surface area contributed by atoms with Crippen molar-refractivity contribution in [3.05, 3.63) is 77.7 Å². The quantitative estimate of drug-likeness (QED) is 0.515. The summed E-state index contributed by atoms with van der Waals surface area (Å²) in [7, 11) is 0. The molecule has 2 heteroatoms. The largest absolute Gasteiger partial charge is 0.358 e. The molecule has 1 atom stereocenters. The van der Waals surface area contributed by atoms with Crippen molar-refractivity contribution in [3.63, 3.8) is 0 Å². The Kier molecular flexibility index (Phi) is 2.77. The highest BCUT2D eigenvalue weighted by Gasteiger charge is 2.27.